The Morgan fingerprint density at radius 2 is 1.71 bits per heavy atom. The first kappa shape index (κ1) is 20.0. The molecule has 0 aliphatic rings. The number of carbonyl (C=O) groups is 1. The van der Waals surface area contributed by atoms with Crippen molar-refractivity contribution in [2.24, 2.45) is 0 Å². The zero-order valence-electron chi connectivity index (χ0n) is 15.9. The monoisotopic (exact) mass is 412 g/mol. The fourth-order valence-electron chi connectivity index (χ4n) is 2.44. The molecule has 3 aromatic rings. The first-order valence-electron chi connectivity index (χ1n) is 8.76. The number of amides is 2. The van der Waals surface area contributed by atoms with E-state index >= 15 is 0 Å². The first-order chi connectivity index (χ1) is 13.3. The molecule has 2 amide bonds. The molecule has 3 rings (SSSR count). The summed E-state index contributed by atoms with van der Waals surface area (Å²) < 4.78 is 0. The Bertz CT molecular complexity index is 990. The molecule has 0 unspecified atom stereocenters. The highest BCUT2D eigenvalue weighted by atomic mass is 35.5. The molecule has 1 heterocycles. The molecular weight excluding hydrogens is 392 g/mol. The number of benzene rings is 2. The van der Waals surface area contributed by atoms with Crippen molar-refractivity contribution in [3.8, 4) is 0 Å². The molecule has 0 fully saturated rings. The molecule has 28 heavy (non-hydrogen) atoms. The number of urea groups is 1. The number of rotatable bonds is 4. The third kappa shape index (κ3) is 5.41. The van der Waals surface area contributed by atoms with Gasteiger partial charge in [-0.3, -0.25) is 5.32 Å². The average Bonchev–Trinajstić information content (AvgIpc) is 3.08. The van der Waals surface area contributed by atoms with Crippen LogP contribution in [-0.4, -0.2) is 16.2 Å². The molecule has 0 aliphatic heterocycles. The summed E-state index contributed by atoms with van der Waals surface area (Å²) in [6.07, 6.45) is 3.68. The van der Waals surface area contributed by atoms with Gasteiger partial charge >= 0.3 is 6.03 Å². The lowest BCUT2D eigenvalue weighted by molar-refractivity contribution is 0.262. The van der Waals surface area contributed by atoms with Crippen LogP contribution in [0.25, 0.3) is 12.2 Å². The maximum absolute atomic E-state index is 12.2. The van der Waals surface area contributed by atoms with Gasteiger partial charge in [0.25, 0.3) is 0 Å². The molecule has 0 atom stereocenters. The van der Waals surface area contributed by atoms with Crippen molar-refractivity contribution in [1.29, 1.82) is 0 Å². The SMILES string of the molecule is CC(C)(C)c1ccc(NC(=O)Nc2nnc(/C=C/c3ccccc3Cl)s2)cc1. The van der Waals surface area contributed by atoms with Gasteiger partial charge in [0.1, 0.15) is 5.01 Å². The summed E-state index contributed by atoms with van der Waals surface area (Å²) >= 11 is 7.41. The Morgan fingerprint density at radius 1 is 1.00 bits per heavy atom. The van der Waals surface area contributed by atoms with Gasteiger partial charge in [-0.15, -0.1) is 10.2 Å². The highest BCUT2D eigenvalue weighted by molar-refractivity contribution is 7.16. The summed E-state index contributed by atoms with van der Waals surface area (Å²) in [5.41, 5.74) is 2.89. The Balaban J connectivity index is 1.59. The van der Waals surface area contributed by atoms with Gasteiger partial charge in [-0.25, -0.2) is 4.79 Å². The van der Waals surface area contributed by atoms with Crippen molar-refractivity contribution < 1.29 is 4.79 Å². The smallest absolute Gasteiger partial charge is 0.308 e. The molecule has 0 spiro atoms. The van der Waals surface area contributed by atoms with E-state index in [1.54, 1.807) is 0 Å². The van der Waals surface area contributed by atoms with Crippen LogP contribution >= 0.6 is 22.9 Å². The van der Waals surface area contributed by atoms with E-state index in [1.807, 2.05) is 60.7 Å². The van der Waals surface area contributed by atoms with Crippen molar-refractivity contribution in [2.45, 2.75) is 26.2 Å². The minimum Gasteiger partial charge on any atom is -0.308 e. The van der Waals surface area contributed by atoms with Gasteiger partial charge in [-0.05, 0) is 40.8 Å². The summed E-state index contributed by atoms with van der Waals surface area (Å²) in [6.45, 7) is 6.44. The molecule has 0 saturated heterocycles. The normalized spacial score (nSPS) is 11.6. The number of carbonyl (C=O) groups excluding carboxylic acids is 1. The van der Waals surface area contributed by atoms with E-state index in [2.05, 4.69) is 41.6 Å². The van der Waals surface area contributed by atoms with Gasteiger partial charge in [0.15, 0.2) is 0 Å². The van der Waals surface area contributed by atoms with Crippen LogP contribution in [0.4, 0.5) is 15.6 Å². The van der Waals surface area contributed by atoms with Crippen molar-refractivity contribution in [3.63, 3.8) is 0 Å². The first-order valence-corrected chi connectivity index (χ1v) is 9.95. The number of anilines is 2. The van der Waals surface area contributed by atoms with Crippen LogP contribution in [0.2, 0.25) is 5.02 Å². The molecule has 0 bridgehead atoms. The number of hydrogen-bond acceptors (Lipinski definition) is 4. The number of aromatic nitrogens is 2. The third-order valence-electron chi connectivity index (χ3n) is 3.98. The van der Waals surface area contributed by atoms with Gasteiger partial charge < -0.3 is 5.32 Å². The van der Waals surface area contributed by atoms with Crippen LogP contribution < -0.4 is 10.6 Å². The molecule has 2 aromatic carbocycles. The highest BCUT2D eigenvalue weighted by Crippen LogP contribution is 2.24. The lowest BCUT2D eigenvalue weighted by Crippen LogP contribution is -2.19. The molecule has 2 N–H and O–H groups in total. The molecule has 5 nitrogen and oxygen atoms in total. The summed E-state index contributed by atoms with van der Waals surface area (Å²) in [5.74, 6) is 0. The van der Waals surface area contributed by atoms with Gasteiger partial charge in [0, 0.05) is 10.7 Å². The standard InChI is InChI=1S/C21H21ClN4OS/c1-21(2,3)15-9-11-16(12-10-15)23-19(27)24-20-26-25-18(28-20)13-8-14-6-4-5-7-17(14)22/h4-13H,1-3H3,(H2,23,24,26,27)/b13-8+. The zero-order chi connectivity index (χ0) is 20.1. The van der Waals surface area contributed by atoms with Crippen LogP contribution in [0.1, 0.15) is 36.9 Å². The fraction of sp³-hybridized carbons (Fsp3) is 0.190. The molecular formula is C21H21ClN4OS. The lowest BCUT2D eigenvalue weighted by Gasteiger charge is -2.19. The van der Waals surface area contributed by atoms with E-state index in [-0.39, 0.29) is 11.4 Å². The molecule has 0 saturated carbocycles. The number of nitrogens with one attached hydrogen (secondary N) is 2. The van der Waals surface area contributed by atoms with Crippen molar-refractivity contribution in [2.75, 3.05) is 10.6 Å². The Labute approximate surface area is 173 Å². The van der Waals surface area contributed by atoms with E-state index in [0.717, 1.165) is 5.56 Å². The maximum atomic E-state index is 12.2. The van der Waals surface area contributed by atoms with E-state index in [1.165, 1.54) is 16.9 Å². The van der Waals surface area contributed by atoms with Crippen LogP contribution in [0.15, 0.2) is 48.5 Å². The van der Waals surface area contributed by atoms with E-state index in [9.17, 15) is 4.79 Å². The minimum atomic E-state index is -0.360. The largest absolute Gasteiger partial charge is 0.325 e. The van der Waals surface area contributed by atoms with Crippen molar-refractivity contribution >= 4 is 51.9 Å². The molecule has 0 radical (unpaired) electrons. The zero-order valence-corrected chi connectivity index (χ0v) is 17.4. The van der Waals surface area contributed by atoms with Crippen LogP contribution in [0.5, 0.6) is 0 Å². The highest BCUT2D eigenvalue weighted by Gasteiger charge is 2.13. The van der Waals surface area contributed by atoms with Crippen LogP contribution in [-0.2, 0) is 5.41 Å². The van der Waals surface area contributed by atoms with Crippen LogP contribution in [0, 0.1) is 0 Å². The molecule has 7 heteroatoms. The average molecular weight is 413 g/mol. The topological polar surface area (TPSA) is 66.9 Å². The molecule has 1 aromatic heterocycles. The minimum absolute atomic E-state index is 0.0707. The molecule has 144 valence electrons. The van der Waals surface area contributed by atoms with E-state index in [0.29, 0.717) is 20.8 Å². The van der Waals surface area contributed by atoms with Gasteiger partial charge in [0.05, 0.1) is 0 Å². The second kappa shape index (κ2) is 8.54. The van der Waals surface area contributed by atoms with E-state index < -0.39 is 0 Å². The van der Waals surface area contributed by atoms with Gasteiger partial charge in [-0.1, -0.05) is 80.1 Å². The number of hydrogen-bond donors (Lipinski definition) is 2. The maximum Gasteiger partial charge on any atom is 0.325 e. The number of nitrogens with zero attached hydrogens (tertiary/aromatic N) is 2. The Kier molecular flexibility index (Phi) is 6.11. The van der Waals surface area contributed by atoms with Gasteiger partial charge in [0.2, 0.25) is 5.13 Å². The predicted octanol–water partition coefficient (Wildman–Crippen LogP) is 6.30. The second-order valence-electron chi connectivity index (χ2n) is 7.21. The summed E-state index contributed by atoms with van der Waals surface area (Å²) in [4.78, 5) is 12.2. The lowest BCUT2D eigenvalue weighted by atomic mass is 9.87. The fourth-order valence-corrected chi connectivity index (χ4v) is 3.28. The summed E-state index contributed by atoms with van der Waals surface area (Å²) in [5, 5.41) is 15.3. The summed E-state index contributed by atoms with van der Waals surface area (Å²) in [7, 11) is 0. The van der Waals surface area contributed by atoms with E-state index in [4.69, 9.17) is 11.6 Å². The second-order valence-corrected chi connectivity index (χ2v) is 8.62. The number of halogens is 1. The van der Waals surface area contributed by atoms with Crippen molar-refractivity contribution in [3.05, 3.63) is 69.7 Å². The third-order valence-corrected chi connectivity index (χ3v) is 5.13. The Morgan fingerprint density at radius 3 is 2.39 bits per heavy atom. The van der Waals surface area contributed by atoms with Crippen molar-refractivity contribution in [1.82, 2.24) is 10.2 Å². The van der Waals surface area contributed by atoms with Gasteiger partial charge in [-0.2, -0.15) is 0 Å². The molecule has 0 aliphatic carbocycles. The quantitative estimate of drug-likeness (QED) is 0.528. The summed E-state index contributed by atoms with van der Waals surface area (Å²) in [6, 6.07) is 15.0. The van der Waals surface area contributed by atoms with Crippen LogP contribution in [0.3, 0.4) is 0 Å². The Hall–Kier alpha value is -2.70. The predicted molar refractivity (Wildman–Crippen MR) is 118 cm³/mol.